The molecule has 0 amide bonds. The van der Waals surface area contributed by atoms with Crippen molar-refractivity contribution in [1.29, 1.82) is 0 Å². The van der Waals surface area contributed by atoms with Crippen LogP contribution in [-0.2, 0) is 4.74 Å². The fourth-order valence-corrected chi connectivity index (χ4v) is 2.65. The third-order valence-electron chi connectivity index (χ3n) is 3.66. The predicted molar refractivity (Wildman–Crippen MR) is 61.8 cm³/mol. The van der Waals surface area contributed by atoms with Gasteiger partial charge in [-0.05, 0) is 45.6 Å². The Bertz CT molecular complexity index is 208. The number of rotatable bonds is 5. The summed E-state index contributed by atoms with van der Waals surface area (Å²) in [5.74, 6) is 0.754. The van der Waals surface area contributed by atoms with Crippen molar-refractivity contribution in [1.82, 2.24) is 4.90 Å². The van der Waals surface area contributed by atoms with Crippen LogP contribution in [0.2, 0.25) is 0 Å². The minimum Gasteiger partial charge on any atom is -0.377 e. The molecular formula is C12H24N2O. The second kappa shape index (κ2) is 4.40. The van der Waals surface area contributed by atoms with Crippen LogP contribution in [0, 0.1) is 5.92 Å². The van der Waals surface area contributed by atoms with E-state index < -0.39 is 0 Å². The van der Waals surface area contributed by atoms with E-state index in [9.17, 15) is 0 Å². The van der Waals surface area contributed by atoms with E-state index in [1.54, 1.807) is 0 Å². The van der Waals surface area contributed by atoms with Crippen LogP contribution in [0.5, 0.6) is 0 Å². The lowest BCUT2D eigenvalue weighted by atomic mass is 9.96. The molecule has 88 valence electrons. The molecule has 0 spiro atoms. The average molecular weight is 212 g/mol. The van der Waals surface area contributed by atoms with E-state index in [0.717, 1.165) is 25.6 Å². The maximum Gasteiger partial charge on any atom is 0.0702 e. The van der Waals surface area contributed by atoms with Crippen LogP contribution in [0.1, 0.15) is 32.6 Å². The molecule has 0 radical (unpaired) electrons. The van der Waals surface area contributed by atoms with Gasteiger partial charge in [0.2, 0.25) is 0 Å². The monoisotopic (exact) mass is 212 g/mol. The molecule has 0 aromatic heterocycles. The van der Waals surface area contributed by atoms with Crippen molar-refractivity contribution >= 4 is 0 Å². The Hall–Kier alpha value is -0.120. The molecule has 2 rings (SSSR count). The van der Waals surface area contributed by atoms with Crippen LogP contribution < -0.4 is 5.73 Å². The van der Waals surface area contributed by atoms with Gasteiger partial charge in [-0.3, -0.25) is 0 Å². The zero-order valence-electron chi connectivity index (χ0n) is 10.0. The van der Waals surface area contributed by atoms with E-state index in [4.69, 9.17) is 10.5 Å². The first-order valence-corrected chi connectivity index (χ1v) is 6.17. The van der Waals surface area contributed by atoms with Gasteiger partial charge in [-0.2, -0.15) is 0 Å². The maximum absolute atomic E-state index is 6.31. The van der Waals surface area contributed by atoms with Crippen LogP contribution in [0.25, 0.3) is 0 Å². The molecule has 2 aliphatic rings. The zero-order valence-corrected chi connectivity index (χ0v) is 10.0. The molecule has 2 atom stereocenters. The Morgan fingerprint density at radius 2 is 2.13 bits per heavy atom. The zero-order chi connectivity index (χ0) is 10.9. The van der Waals surface area contributed by atoms with Crippen LogP contribution in [-0.4, -0.2) is 43.3 Å². The van der Waals surface area contributed by atoms with Gasteiger partial charge in [0.15, 0.2) is 0 Å². The highest BCUT2D eigenvalue weighted by Crippen LogP contribution is 2.38. The standard InChI is InChI=1S/C12H24N2O/c1-12(13,10-5-6-10)9-14(2)8-11-4-3-7-15-11/h10-11H,3-9,13H2,1-2H3. The van der Waals surface area contributed by atoms with Gasteiger partial charge in [-0.15, -0.1) is 0 Å². The Labute approximate surface area is 93.0 Å². The molecular weight excluding hydrogens is 188 g/mol. The molecule has 0 bridgehead atoms. The highest BCUT2D eigenvalue weighted by atomic mass is 16.5. The van der Waals surface area contributed by atoms with Crippen molar-refractivity contribution in [3.63, 3.8) is 0 Å². The first-order valence-electron chi connectivity index (χ1n) is 6.17. The Morgan fingerprint density at radius 3 is 2.67 bits per heavy atom. The van der Waals surface area contributed by atoms with E-state index in [-0.39, 0.29) is 5.54 Å². The number of hydrogen-bond donors (Lipinski definition) is 1. The van der Waals surface area contributed by atoms with Gasteiger partial charge in [-0.1, -0.05) is 0 Å². The van der Waals surface area contributed by atoms with Crippen molar-refractivity contribution < 1.29 is 4.74 Å². The van der Waals surface area contributed by atoms with Gasteiger partial charge in [-0.25, -0.2) is 0 Å². The van der Waals surface area contributed by atoms with Crippen molar-refractivity contribution in [2.24, 2.45) is 11.7 Å². The van der Waals surface area contributed by atoms with E-state index in [1.165, 1.54) is 25.7 Å². The van der Waals surface area contributed by atoms with E-state index in [0.29, 0.717) is 6.10 Å². The normalized spacial score (nSPS) is 30.8. The Balaban J connectivity index is 1.73. The van der Waals surface area contributed by atoms with Crippen LogP contribution in [0.3, 0.4) is 0 Å². The van der Waals surface area contributed by atoms with Gasteiger partial charge in [0.1, 0.15) is 0 Å². The van der Waals surface area contributed by atoms with Gasteiger partial charge in [0.05, 0.1) is 6.10 Å². The lowest BCUT2D eigenvalue weighted by Gasteiger charge is -2.31. The minimum absolute atomic E-state index is 0.00730. The van der Waals surface area contributed by atoms with Gasteiger partial charge >= 0.3 is 0 Å². The van der Waals surface area contributed by atoms with E-state index >= 15 is 0 Å². The molecule has 3 nitrogen and oxygen atoms in total. The topological polar surface area (TPSA) is 38.5 Å². The number of nitrogens with two attached hydrogens (primary N) is 1. The summed E-state index contributed by atoms with van der Waals surface area (Å²) in [4.78, 5) is 2.34. The quantitative estimate of drug-likeness (QED) is 0.745. The summed E-state index contributed by atoms with van der Waals surface area (Å²) in [6.07, 6.45) is 5.53. The van der Waals surface area contributed by atoms with Gasteiger partial charge < -0.3 is 15.4 Å². The van der Waals surface area contributed by atoms with Crippen molar-refractivity contribution in [3.8, 4) is 0 Å². The fraction of sp³-hybridized carbons (Fsp3) is 1.00. The van der Waals surface area contributed by atoms with Crippen LogP contribution in [0.15, 0.2) is 0 Å². The smallest absolute Gasteiger partial charge is 0.0702 e. The molecule has 2 N–H and O–H groups in total. The molecule has 3 heteroatoms. The minimum atomic E-state index is 0.00730. The first kappa shape index (κ1) is 11.4. The molecule has 2 unspecified atom stereocenters. The SMILES string of the molecule is CN(CC1CCCO1)CC(C)(N)C1CC1. The Morgan fingerprint density at radius 1 is 1.40 bits per heavy atom. The number of ether oxygens (including phenoxy) is 1. The van der Waals surface area contributed by atoms with Crippen molar-refractivity contribution in [2.75, 3.05) is 26.7 Å². The highest BCUT2D eigenvalue weighted by molar-refractivity contribution is 4.97. The number of nitrogens with zero attached hydrogens (tertiary/aromatic N) is 1. The molecule has 0 aromatic rings. The molecule has 1 saturated carbocycles. The lowest BCUT2D eigenvalue weighted by molar-refractivity contribution is 0.0739. The predicted octanol–water partition coefficient (Wildman–Crippen LogP) is 1.22. The summed E-state index contributed by atoms with van der Waals surface area (Å²) < 4.78 is 5.63. The third kappa shape index (κ3) is 3.16. The third-order valence-corrected chi connectivity index (χ3v) is 3.66. The van der Waals surface area contributed by atoms with Gasteiger partial charge in [0, 0.05) is 25.2 Å². The van der Waals surface area contributed by atoms with Crippen LogP contribution in [0.4, 0.5) is 0 Å². The first-order chi connectivity index (χ1) is 7.08. The van der Waals surface area contributed by atoms with Gasteiger partial charge in [0.25, 0.3) is 0 Å². The summed E-state index contributed by atoms with van der Waals surface area (Å²) in [5.41, 5.74) is 6.32. The van der Waals surface area contributed by atoms with Crippen molar-refractivity contribution in [2.45, 2.75) is 44.2 Å². The number of hydrogen-bond acceptors (Lipinski definition) is 3. The summed E-state index contributed by atoms with van der Waals surface area (Å²) in [6.45, 7) is 5.18. The molecule has 1 saturated heterocycles. The summed E-state index contributed by atoms with van der Waals surface area (Å²) >= 11 is 0. The molecule has 2 fully saturated rings. The molecule has 0 aromatic carbocycles. The molecule has 15 heavy (non-hydrogen) atoms. The maximum atomic E-state index is 6.31. The average Bonchev–Trinajstić information content (AvgIpc) is 2.88. The molecule has 1 aliphatic heterocycles. The second-order valence-corrected chi connectivity index (χ2v) is 5.61. The van der Waals surface area contributed by atoms with E-state index in [1.807, 2.05) is 0 Å². The number of likely N-dealkylation sites (N-methyl/N-ethyl adjacent to an activating group) is 1. The van der Waals surface area contributed by atoms with Crippen LogP contribution >= 0.6 is 0 Å². The summed E-state index contributed by atoms with van der Waals surface area (Å²) in [5, 5.41) is 0. The van der Waals surface area contributed by atoms with Crippen molar-refractivity contribution in [3.05, 3.63) is 0 Å². The fourth-order valence-electron chi connectivity index (χ4n) is 2.65. The molecule has 1 aliphatic carbocycles. The largest absolute Gasteiger partial charge is 0.377 e. The molecule has 1 heterocycles. The van der Waals surface area contributed by atoms with E-state index in [2.05, 4.69) is 18.9 Å². The summed E-state index contributed by atoms with van der Waals surface area (Å²) in [7, 11) is 2.16. The summed E-state index contributed by atoms with van der Waals surface area (Å²) in [6, 6.07) is 0. The highest BCUT2D eigenvalue weighted by Gasteiger charge is 2.39. The second-order valence-electron chi connectivity index (χ2n) is 5.61. The lowest BCUT2D eigenvalue weighted by Crippen LogP contribution is -2.49. The Kier molecular flexibility index (Phi) is 3.33.